The van der Waals surface area contributed by atoms with Crippen LogP contribution >= 0.6 is 15.9 Å². The summed E-state index contributed by atoms with van der Waals surface area (Å²) >= 11 is 3.37. The van der Waals surface area contributed by atoms with E-state index in [4.69, 9.17) is 5.73 Å². The summed E-state index contributed by atoms with van der Waals surface area (Å²) < 4.78 is 14.6. The van der Waals surface area contributed by atoms with E-state index in [0.717, 1.165) is 30.2 Å². The molecule has 0 saturated carbocycles. The minimum Gasteiger partial charge on any atom is -0.324 e. The molecular formula is C14H21BrFN. The third kappa shape index (κ3) is 4.07. The number of hydrogen-bond acceptors (Lipinski definition) is 1. The Hall–Kier alpha value is -0.410. The lowest BCUT2D eigenvalue weighted by atomic mass is 9.87. The summed E-state index contributed by atoms with van der Waals surface area (Å²) in [4.78, 5) is 0. The van der Waals surface area contributed by atoms with E-state index >= 15 is 0 Å². The first-order chi connectivity index (χ1) is 8.10. The van der Waals surface area contributed by atoms with Crippen LogP contribution in [0.25, 0.3) is 0 Å². The maximum atomic E-state index is 13.7. The van der Waals surface area contributed by atoms with Crippen molar-refractivity contribution in [2.45, 2.75) is 45.6 Å². The highest BCUT2D eigenvalue weighted by molar-refractivity contribution is 9.10. The first-order valence-corrected chi connectivity index (χ1v) is 7.10. The zero-order chi connectivity index (χ0) is 12.8. The molecule has 0 saturated heterocycles. The van der Waals surface area contributed by atoms with Crippen molar-refractivity contribution in [3.8, 4) is 0 Å². The lowest BCUT2D eigenvalue weighted by molar-refractivity contribution is 0.369. The second kappa shape index (κ2) is 7.12. The van der Waals surface area contributed by atoms with Crippen LogP contribution in [0.15, 0.2) is 22.7 Å². The van der Waals surface area contributed by atoms with Gasteiger partial charge < -0.3 is 5.73 Å². The van der Waals surface area contributed by atoms with E-state index in [-0.39, 0.29) is 11.9 Å². The van der Waals surface area contributed by atoms with Crippen molar-refractivity contribution in [2.24, 2.45) is 11.7 Å². The molecule has 1 aromatic carbocycles. The predicted molar refractivity (Wildman–Crippen MR) is 74.3 cm³/mol. The fourth-order valence-corrected chi connectivity index (χ4v) is 2.51. The minimum absolute atomic E-state index is 0.198. The molecule has 0 bridgehead atoms. The van der Waals surface area contributed by atoms with Crippen molar-refractivity contribution < 1.29 is 4.39 Å². The Morgan fingerprint density at radius 1 is 1.35 bits per heavy atom. The summed E-state index contributed by atoms with van der Waals surface area (Å²) in [6.07, 6.45) is 4.37. The molecule has 0 aliphatic heterocycles. The zero-order valence-corrected chi connectivity index (χ0v) is 12.1. The minimum atomic E-state index is -0.205. The molecule has 0 heterocycles. The molecule has 0 spiro atoms. The SMILES string of the molecule is CCCCC(CC)C(N)c1cc(Br)ccc1F. The van der Waals surface area contributed by atoms with E-state index in [0.29, 0.717) is 11.5 Å². The summed E-state index contributed by atoms with van der Waals surface area (Å²) in [6.45, 7) is 4.29. The summed E-state index contributed by atoms with van der Waals surface area (Å²) in [5, 5.41) is 0. The summed E-state index contributed by atoms with van der Waals surface area (Å²) in [5.41, 5.74) is 6.83. The highest BCUT2D eigenvalue weighted by Crippen LogP contribution is 2.30. The molecule has 3 heteroatoms. The monoisotopic (exact) mass is 301 g/mol. The van der Waals surface area contributed by atoms with E-state index in [1.54, 1.807) is 12.1 Å². The molecule has 96 valence electrons. The Morgan fingerprint density at radius 2 is 2.06 bits per heavy atom. The zero-order valence-electron chi connectivity index (χ0n) is 10.5. The first kappa shape index (κ1) is 14.7. The molecule has 1 aromatic rings. The van der Waals surface area contributed by atoms with Crippen molar-refractivity contribution in [3.63, 3.8) is 0 Å². The number of halogens is 2. The van der Waals surface area contributed by atoms with Gasteiger partial charge in [0.1, 0.15) is 5.82 Å². The van der Waals surface area contributed by atoms with Gasteiger partial charge in [-0.05, 0) is 30.5 Å². The summed E-state index contributed by atoms with van der Waals surface area (Å²) in [5.74, 6) is 0.161. The Morgan fingerprint density at radius 3 is 2.65 bits per heavy atom. The lowest BCUT2D eigenvalue weighted by Crippen LogP contribution is -2.22. The van der Waals surface area contributed by atoms with Crippen LogP contribution in [0.4, 0.5) is 4.39 Å². The molecule has 2 N–H and O–H groups in total. The third-order valence-electron chi connectivity index (χ3n) is 3.28. The van der Waals surface area contributed by atoms with E-state index in [2.05, 4.69) is 29.8 Å². The molecule has 2 unspecified atom stereocenters. The van der Waals surface area contributed by atoms with Gasteiger partial charge in [-0.25, -0.2) is 4.39 Å². The van der Waals surface area contributed by atoms with Gasteiger partial charge in [-0.1, -0.05) is 49.0 Å². The normalized spacial score (nSPS) is 14.6. The largest absolute Gasteiger partial charge is 0.324 e. The molecule has 1 nitrogen and oxygen atoms in total. The average Bonchev–Trinajstić information content (AvgIpc) is 2.33. The Kier molecular flexibility index (Phi) is 6.14. The highest BCUT2D eigenvalue weighted by atomic mass is 79.9. The smallest absolute Gasteiger partial charge is 0.128 e. The van der Waals surface area contributed by atoms with Gasteiger partial charge in [-0.2, -0.15) is 0 Å². The van der Waals surface area contributed by atoms with Crippen LogP contribution in [0.1, 0.15) is 51.1 Å². The molecule has 2 atom stereocenters. The van der Waals surface area contributed by atoms with E-state index in [1.165, 1.54) is 6.07 Å². The number of unbranched alkanes of at least 4 members (excludes halogenated alkanes) is 1. The van der Waals surface area contributed by atoms with Crippen molar-refractivity contribution >= 4 is 15.9 Å². The number of rotatable bonds is 6. The van der Waals surface area contributed by atoms with Crippen LogP contribution in [-0.4, -0.2) is 0 Å². The average molecular weight is 302 g/mol. The van der Waals surface area contributed by atoms with Gasteiger partial charge in [0.25, 0.3) is 0 Å². The molecule has 0 radical (unpaired) electrons. The summed E-state index contributed by atoms with van der Waals surface area (Å²) in [6, 6.07) is 4.78. The predicted octanol–water partition coefficient (Wildman–Crippen LogP) is 4.80. The van der Waals surface area contributed by atoms with Gasteiger partial charge in [0, 0.05) is 16.1 Å². The molecule has 0 aliphatic carbocycles. The summed E-state index contributed by atoms with van der Waals surface area (Å²) in [7, 11) is 0. The molecule has 0 aliphatic rings. The van der Waals surface area contributed by atoms with Crippen LogP contribution in [0, 0.1) is 11.7 Å². The quantitative estimate of drug-likeness (QED) is 0.802. The topological polar surface area (TPSA) is 26.0 Å². The number of benzene rings is 1. The maximum absolute atomic E-state index is 13.7. The number of nitrogens with two attached hydrogens (primary N) is 1. The fraction of sp³-hybridized carbons (Fsp3) is 0.571. The van der Waals surface area contributed by atoms with Crippen LogP contribution in [0.5, 0.6) is 0 Å². The van der Waals surface area contributed by atoms with E-state index in [9.17, 15) is 4.39 Å². The molecule has 0 aromatic heterocycles. The fourth-order valence-electron chi connectivity index (χ4n) is 2.13. The van der Waals surface area contributed by atoms with Gasteiger partial charge in [-0.3, -0.25) is 0 Å². The van der Waals surface area contributed by atoms with Crippen molar-refractivity contribution in [2.75, 3.05) is 0 Å². The molecular weight excluding hydrogens is 281 g/mol. The van der Waals surface area contributed by atoms with Crippen LogP contribution in [0.2, 0.25) is 0 Å². The molecule has 0 fully saturated rings. The second-order valence-corrected chi connectivity index (χ2v) is 5.42. The first-order valence-electron chi connectivity index (χ1n) is 6.30. The molecule has 0 amide bonds. The van der Waals surface area contributed by atoms with Gasteiger partial charge in [0.2, 0.25) is 0 Å². The standard InChI is InChI=1S/C14H21BrFN/c1-3-5-6-10(4-2)14(17)12-9-11(15)7-8-13(12)16/h7-10,14H,3-6,17H2,1-2H3. The van der Waals surface area contributed by atoms with Crippen molar-refractivity contribution in [3.05, 3.63) is 34.1 Å². The number of hydrogen-bond donors (Lipinski definition) is 1. The van der Waals surface area contributed by atoms with Gasteiger partial charge in [0.05, 0.1) is 0 Å². The Labute approximate surface area is 112 Å². The van der Waals surface area contributed by atoms with Crippen LogP contribution in [-0.2, 0) is 0 Å². The van der Waals surface area contributed by atoms with Crippen molar-refractivity contribution in [1.29, 1.82) is 0 Å². The second-order valence-electron chi connectivity index (χ2n) is 4.50. The van der Waals surface area contributed by atoms with Crippen LogP contribution < -0.4 is 5.73 Å². The third-order valence-corrected chi connectivity index (χ3v) is 3.77. The molecule has 17 heavy (non-hydrogen) atoms. The van der Waals surface area contributed by atoms with E-state index < -0.39 is 0 Å². The Balaban J connectivity index is 2.85. The highest BCUT2D eigenvalue weighted by Gasteiger charge is 2.20. The van der Waals surface area contributed by atoms with Gasteiger partial charge in [-0.15, -0.1) is 0 Å². The molecule has 1 rings (SSSR count). The van der Waals surface area contributed by atoms with Gasteiger partial charge >= 0.3 is 0 Å². The van der Waals surface area contributed by atoms with Crippen LogP contribution in [0.3, 0.4) is 0 Å². The Bertz CT molecular complexity index is 354. The van der Waals surface area contributed by atoms with E-state index in [1.807, 2.05) is 0 Å². The maximum Gasteiger partial charge on any atom is 0.128 e. The van der Waals surface area contributed by atoms with Crippen molar-refractivity contribution in [1.82, 2.24) is 0 Å². The van der Waals surface area contributed by atoms with Gasteiger partial charge in [0.15, 0.2) is 0 Å². The lowest BCUT2D eigenvalue weighted by Gasteiger charge is -2.23.